The van der Waals surface area contributed by atoms with Crippen molar-refractivity contribution in [3.8, 4) is 0 Å². The fourth-order valence-electron chi connectivity index (χ4n) is 4.22. The van der Waals surface area contributed by atoms with Gasteiger partial charge >= 0.3 is 6.01 Å². The number of hydrogen-bond acceptors (Lipinski definition) is 6. The predicted octanol–water partition coefficient (Wildman–Crippen LogP) is 3.47. The first-order valence-electron chi connectivity index (χ1n) is 10.6. The van der Waals surface area contributed by atoms with Crippen molar-refractivity contribution < 1.29 is 17.6 Å². The zero-order valence-electron chi connectivity index (χ0n) is 17.2. The van der Waals surface area contributed by atoms with Gasteiger partial charge in [-0.3, -0.25) is 10.1 Å². The Balaban J connectivity index is 1.32. The van der Waals surface area contributed by atoms with Crippen LogP contribution in [0.3, 0.4) is 0 Å². The number of aryl methyl sites for hydroxylation is 1. The van der Waals surface area contributed by atoms with Crippen LogP contribution in [0, 0.1) is 12.8 Å². The molecular formula is C21H28N4O4S. The lowest BCUT2D eigenvalue weighted by Gasteiger charge is -2.30. The number of benzene rings is 1. The Kier molecular flexibility index (Phi) is 6.19. The van der Waals surface area contributed by atoms with E-state index in [1.54, 1.807) is 24.3 Å². The number of aromatic nitrogens is 2. The van der Waals surface area contributed by atoms with Gasteiger partial charge in [0.1, 0.15) is 0 Å². The fourth-order valence-corrected chi connectivity index (χ4v) is 5.69. The number of amides is 1. The maximum Gasteiger partial charge on any atom is 0.322 e. The van der Waals surface area contributed by atoms with E-state index in [-0.39, 0.29) is 28.7 Å². The van der Waals surface area contributed by atoms with Crippen LogP contribution in [0.15, 0.2) is 33.6 Å². The number of hydrogen-bond donors (Lipinski definition) is 1. The Labute approximate surface area is 177 Å². The number of nitrogens with one attached hydrogen (secondary N) is 1. The van der Waals surface area contributed by atoms with E-state index in [9.17, 15) is 13.2 Å². The monoisotopic (exact) mass is 432 g/mol. The number of carbonyl (C=O) groups excluding carboxylic acids is 1. The Hall–Kier alpha value is -2.26. The topological polar surface area (TPSA) is 105 Å². The molecule has 2 fully saturated rings. The molecule has 1 N–H and O–H groups in total. The van der Waals surface area contributed by atoms with E-state index in [0.29, 0.717) is 31.8 Å². The minimum absolute atomic E-state index is 0.135. The highest BCUT2D eigenvalue weighted by Crippen LogP contribution is 2.32. The third kappa shape index (κ3) is 4.57. The zero-order chi connectivity index (χ0) is 21.1. The number of nitrogens with zero attached hydrogens (tertiary/aromatic N) is 3. The van der Waals surface area contributed by atoms with Crippen LogP contribution in [0.1, 0.15) is 62.3 Å². The maximum absolute atomic E-state index is 12.8. The van der Waals surface area contributed by atoms with Crippen LogP contribution in [-0.2, 0) is 14.8 Å². The Morgan fingerprint density at radius 2 is 1.70 bits per heavy atom. The van der Waals surface area contributed by atoms with E-state index in [1.165, 1.54) is 23.6 Å². The Morgan fingerprint density at radius 1 is 1.03 bits per heavy atom. The fraction of sp³-hybridized carbons (Fsp3) is 0.571. The molecule has 0 atom stereocenters. The lowest BCUT2D eigenvalue weighted by atomic mass is 9.89. The predicted molar refractivity (Wildman–Crippen MR) is 111 cm³/mol. The molecular weight excluding hydrogens is 404 g/mol. The normalized spacial score (nSPS) is 19.6. The standard InChI is InChI=1S/C21H28N4O4S/c1-15-7-9-18(10-8-15)30(27,28)25-13-11-16(12-14-25)19(26)22-21-24-23-20(29-21)17-5-3-2-4-6-17/h7-10,16-17H,2-6,11-14H2,1H3,(H,22,24,26). The van der Waals surface area contributed by atoms with E-state index in [1.807, 2.05) is 6.92 Å². The maximum atomic E-state index is 12.8. The van der Waals surface area contributed by atoms with Crippen molar-refractivity contribution in [3.63, 3.8) is 0 Å². The van der Waals surface area contributed by atoms with Crippen molar-refractivity contribution in [2.75, 3.05) is 18.4 Å². The molecule has 1 aromatic carbocycles. The first-order chi connectivity index (χ1) is 14.4. The smallest absolute Gasteiger partial charge is 0.322 e. The average Bonchev–Trinajstić information content (AvgIpc) is 3.23. The molecule has 9 heteroatoms. The molecule has 30 heavy (non-hydrogen) atoms. The molecule has 1 amide bonds. The van der Waals surface area contributed by atoms with Crippen LogP contribution in [0.2, 0.25) is 0 Å². The largest absolute Gasteiger partial charge is 0.408 e. The zero-order valence-corrected chi connectivity index (χ0v) is 18.0. The van der Waals surface area contributed by atoms with Gasteiger partial charge in [-0.2, -0.15) is 4.31 Å². The van der Waals surface area contributed by atoms with Crippen molar-refractivity contribution in [2.45, 2.75) is 62.7 Å². The summed E-state index contributed by atoms with van der Waals surface area (Å²) in [6, 6.07) is 6.97. The van der Waals surface area contributed by atoms with Gasteiger partial charge in [-0.15, -0.1) is 5.10 Å². The van der Waals surface area contributed by atoms with Gasteiger partial charge in [0.05, 0.1) is 4.90 Å². The molecule has 2 aliphatic rings. The number of rotatable bonds is 5. The molecule has 1 aliphatic heterocycles. The lowest BCUT2D eigenvalue weighted by Crippen LogP contribution is -2.41. The van der Waals surface area contributed by atoms with Gasteiger partial charge in [0.2, 0.25) is 21.8 Å². The summed E-state index contributed by atoms with van der Waals surface area (Å²) in [6.45, 7) is 2.54. The van der Waals surface area contributed by atoms with E-state index in [0.717, 1.165) is 18.4 Å². The summed E-state index contributed by atoms with van der Waals surface area (Å²) in [7, 11) is -3.54. The number of anilines is 1. The number of sulfonamides is 1. The van der Waals surface area contributed by atoms with Crippen LogP contribution in [0.4, 0.5) is 6.01 Å². The summed E-state index contributed by atoms with van der Waals surface area (Å²) in [5.74, 6) is 0.414. The molecule has 8 nitrogen and oxygen atoms in total. The first-order valence-corrected chi connectivity index (χ1v) is 12.1. The van der Waals surface area contributed by atoms with Crippen LogP contribution in [0.25, 0.3) is 0 Å². The summed E-state index contributed by atoms with van der Waals surface area (Å²) in [4.78, 5) is 12.9. The molecule has 1 saturated heterocycles. The van der Waals surface area contributed by atoms with Crippen LogP contribution < -0.4 is 5.32 Å². The van der Waals surface area contributed by atoms with Crippen molar-refractivity contribution >= 4 is 21.9 Å². The van der Waals surface area contributed by atoms with E-state index in [2.05, 4.69) is 15.5 Å². The van der Waals surface area contributed by atoms with E-state index < -0.39 is 10.0 Å². The molecule has 1 saturated carbocycles. The van der Waals surface area contributed by atoms with E-state index in [4.69, 9.17) is 4.42 Å². The summed E-state index contributed by atoms with van der Waals surface area (Å²) < 4.78 is 32.7. The molecule has 162 valence electrons. The van der Waals surface area contributed by atoms with Gasteiger partial charge < -0.3 is 4.42 Å². The van der Waals surface area contributed by atoms with Gasteiger partial charge in [0, 0.05) is 24.9 Å². The van der Waals surface area contributed by atoms with Gasteiger partial charge in [-0.05, 0) is 44.7 Å². The minimum atomic E-state index is -3.54. The lowest BCUT2D eigenvalue weighted by molar-refractivity contribution is -0.121. The molecule has 0 bridgehead atoms. The van der Waals surface area contributed by atoms with Gasteiger partial charge in [0.25, 0.3) is 0 Å². The third-order valence-electron chi connectivity index (χ3n) is 6.11. The third-order valence-corrected chi connectivity index (χ3v) is 8.02. The van der Waals surface area contributed by atoms with Crippen LogP contribution in [-0.4, -0.2) is 41.9 Å². The second-order valence-electron chi connectivity index (χ2n) is 8.26. The Morgan fingerprint density at radius 3 is 2.37 bits per heavy atom. The highest BCUT2D eigenvalue weighted by Gasteiger charge is 2.32. The quantitative estimate of drug-likeness (QED) is 0.776. The van der Waals surface area contributed by atoms with Crippen LogP contribution >= 0.6 is 0 Å². The van der Waals surface area contributed by atoms with Gasteiger partial charge in [-0.25, -0.2) is 8.42 Å². The molecule has 4 rings (SSSR count). The molecule has 2 heterocycles. The first kappa shape index (κ1) is 21.0. The van der Waals surface area contributed by atoms with Crippen LogP contribution in [0.5, 0.6) is 0 Å². The number of carbonyl (C=O) groups is 1. The van der Waals surface area contributed by atoms with Crippen molar-refractivity contribution in [2.24, 2.45) is 5.92 Å². The number of piperidine rings is 1. The second kappa shape index (κ2) is 8.85. The molecule has 0 spiro atoms. The molecule has 0 unspecified atom stereocenters. The Bertz CT molecular complexity index is 973. The second-order valence-corrected chi connectivity index (χ2v) is 10.2. The molecule has 0 radical (unpaired) electrons. The van der Waals surface area contributed by atoms with Gasteiger partial charge in [0.15, 0.2) is 0 Å². The summed E-state index contributed by atoms with van der Waals surface area (Å²) >= 11 is 0. The van der Waals surface area contributed by atoms with Gasteiger partial charge in [-0.1, -0.05) is 42.1 Å². The minimum Gasteiger partial charge on any atom is -0.408 e. The van der Waals surface area contributed by atoms with Crippen molar-refractivity contribution in [1.29, 1.82) is 0 Å². The molecule has 1 aliphatic carbocycles. The highest BCUT2D eigenvalue weighted by molar-refractivity contribution is 7.89. The van der Waals surface area contributed by atoms with Crippen molar-refractivity contribution in [3.05, 3.63) is 35.7 Å². The highest BCUT2D eigenvalue weighted by atomic mass is 32.2. The summed E-state index contributed by atoms with van der Waals surface area (Å²) in [5.41, 5.74) is 1.01. The summed E-state index contributed by atoms with van der Waals surface area (Å²) in [6.07, 6.45) is 6.58. The molecule has 2 aromatic rings. The van der Waals surface area contributed by atoms with Crippen molar-refractivity contribution in [1.82, 2.24) is 14.5 Å². The van der Waals surface area contributed by atoms with E-state index >= 15 is 0 Å². The average molecular weight is 433 g/mol. The molecule has 1 aromatic heterocycles. The summed E-state index contributed by atoms with van der Waals surface area (Å²) in [5, 5.41) is 10.8. The SMILES string of the molecule is Cc1ccc(S(=O)(=O)N2CCC(C(=O)Nc3nnc(C4CCCCC4)o3)CC2)cc1.